The molecule has 0 aromatic rings. The summed E-state index contributed by atoms with van der Waals surface area (Å²) in [5.74, 6) is 0.384. The van der Waals surface area contributed by atoms with E-state index in [9.17, 15) is 4.79 Å². The quantitative estimate of drug-likeness (QED) is 0.537. The van der Waals surface area contributed by atoms with Crippen molar-refractivity contribution in [3.8, 4) is 0 Å². The van der Waals surface area contributed by atoms with E-state index in [4.69, 9.17) is 0 Å². The number of Topliss-reactive ketones (excluding diaryl/α,β-unsaturated/α-hetero) is 1. The fourth-order valence-electron chi connectivity index (χ4n) is 0.852. The van der Waals surface area contributed by atoms with Crippen LogP contribution >= 0.6 is 0 Å². The van der Waals surface area contributed by atoms with Gasteiger partial charge in [-0.05, 0) is 19.8 Å². The van der Waals surface area contributed by atoms with Crippen LogP contribution in [-0.4, -0.2) is 5.78 Å². The Morgan fingerprint density at radius 3 is 2.36 bits per heavy atom. The van der Waals surface area contributed by atoms with E-state index in [1.54, 1.807) is 0 Å². The van der Waals surface area contributed by atoms with Crippen LogP contribution in [0.15, 0.2) is 12.2 Å². The largest absolute Gasteiger partial charge is 0.300 e. The Balaban J connectivity index is 3.30. The van der Waals surface area contributed by atoms with Gasteiger partial charge in [-0.3, -0.25) is 4.79 Å². The maximum Gasteiger partial charge on any atom is 0.133 e. The summed E-state index contributed by atoms with van der Waals surface area (Å²) < 4.78 is 0. The summed E-state index contributed by atoms with van der Waals surface area (Å²) in [6.45, 7) is 7.82. The first-order chi connectivity index (χ1) is 5.16. The van der Waals surface area contributed by atoms with E-state index in [1.165, 1.54) is 0 Å². The van der Waals surface area contributed by atoms with Crippen molar-refractivity contribution in [1.29, 1.82) is 0 Å². The average molecular weight is 154 g/mol. The number of carbonyl (C=O) groups is 1. The summed E-state index contributed by atoms with van der Waals surface area (Å²) >= 11 is 0. The third-order valence-electron chi connectivity index (χ3n) is 1.64. The molecule has 0 aliphatic carbocycles. The third-order valence-corrected chi connectivity index (χ3v) is 1.64. The Hall–Kier alpha value is -0.590. The van der Waals surface area contributed by atoms with Crippen molar-refractivity contribution in [2.24, 2.45) is 0 Å². The maximum absolute atomic E-state index is 11.1. The van der Waals surface area contributed by atoms with E-state index in [0.717, 1.165) is 31.3 Å². The molecule has 0 aliphatic heterocycles. The van der Waals surface area contributed by atoms with Gasteiger partial charge in [-0.1, -0.05) is 18.9 Å². The van der Waals surface area contributed by atoms with Crippen LogP contribution in [-0.2, 0) is 4.79 Å². The van der Waals surface area contributed by atoms with Crippen molar-refractivity contribution in [3.05, 3.63) is 12.2 Å². The van der Waals surface area contributed by atoms with Gasteiger partial charge in [0.2, 0.25) is 0 Å². The predicted octanol–water partition coefficient (Wildman–Crippen LogP) is 3.10. The van der Waals surface area contributed by atoms with Crippen molar-refractivity contribution in [2.45, 2.75) is 46.0 Å². The minimum atomic E-state index is 0.384. The molecule has 0 N–H and O–H groups in total. The Bertz CT molecular complexity index is 136. The Kier molecular flexibility index (Phi) is 5.81. The standard InChI is InChI=1S/C10H18O/c1-4-5-6-10(11)8-7-9(2)3/h2,4-8H2,1,3H3. The molecule has 0 aromatic heterocycles. The SMILES string of the molecule is C=C(C)CCC(=O)CCCC. The zero-order chi connectivity index (χ0) is 8.69. The third kappa shape index (κ3) is 7.31. The molecule has 0 amide bonds. The van der Waals surface area contributed by atoms with Gasteiger partial charge in [0.15, 0.2) is 0 Å². The zero-order valence-electron chi connectivity index (χ0n) is 7.65. The van der Waals surface area contributed by atoms with Crippen LogP contribution in [0.4, 0.5) is 0 Å². The number of hydrogen-bond acceptors (Lipinski definition) is 1. The molecule has 1 heteroatoms. The molecular formula is C10H18O. The zero-order valence-corrected chi connectivity index (χ0v) is 7.65. The first-order valence-corrected chi connectivity index (χ1v) is 4.33. The van der Waals surface area contributed by atoms with Gasteiger partial charge in [-0.25, -0.2) is 0 Å². The monoisotopic (exact) mass is 154 g/mol. The van der Waals surface area contributed by atoms with E-state index in [-0.39, 0.29) is 0 Å². The summed E-state index contributed by atoms with van der Waals surface area (Å²) in [6, 6.07) is 0. The molecule has 0 radical (unpaired) electrons. The van der Waals surface area contributed by atoms with Crippen LogP contribution in [0.2, 0.25) is 0 Å². The lowest BCUT2D eigenvalue weighted by Crippen LogP contribution is -1.96. The predicted molar refractivity (Wildman–Crippen MR) is 48.6 cm³/mol. The van der Waals surface area contributed by atoms with Crippen LogP contribution in [0.25, 0.3) is 0 Å². The van der Waals surface area contributed by atoms with E-state index in [0.29, 0.717) is 12.2 Å². The minimum absolute atomic E-state index is 0.384. The van der Waals surface area contributed by atoms with E-state index >= 15 is 0 Å². The molecule has 0 atom stereocenters. The fraction of sp³-hybridized carbons (Fsp3) is 0.700. The lowest BCUT2D eigenvalue weighted by molar-refractivity contribution is -0.119. The number of allylic oxidation sites excluding steroid dienone is 1. The molecule has 1 nitrogen and oxygen atoms in total. The van der Waals surface area contributed by atoms with E-state index in [1.807, 2.05) is 6.92 Å². The molecule has 0 unspecified atom stereocenters. The summed E-state index contributed by atoms with van der Waals surface area (Å²) in [4.78, 5) is 11.1. The van der Waals surface area contributed by atoms with E-state index < -0.39 is 0 Å². The van der Waals surface area contributed by atoms with E-state index in [2.05, 4.69) is 13.5 Å². The number of unbranched alkanes of at least 4 members (excludes halogenated alkanes) is 1. The van der Waals surface area contributed by atoms with Gasteiger partial charge < -0.3 is 0 Å². The Morgan fingerprint density at radius 1 is 1.27 bits per heavy atom. The number of ketones is 1. The van der Waals surface area contributed by atoms with Crippen LogP contribution in [0, 0.1) is 0 Å². The van der Waals surface area contributed by atoms with Crippen molar-refractivity contribution in [2.75, 3.05) is 0 Å². The van der Waals surface area contributed by atoms with Crippen LogP contribution in [0.5, 0.6) is 0 Å². The molecule has 0 fully saturated rings. The maximum atomic E-state index is 11.1. The number of rotatable bonds is 6. The lowest BCUT2D eigenvalue weighted by Gasteiger charge is -1.98. The van der Waals surface area contributed by atoms with Crippen LogP contribution in [0.1, 0.15) is 46.0 Å². The highest BCUT2D eigenvalue weighted by Gasteiger charge is 1.99. The highest BCUT2D eigenvalue weighted by molar-refractivity contribution is 5.78. The van der Waals surface area contributed by atoms with Crippen LogP contribution < -0.4 is 0 Å². The molecule has 11 heavy (non-hydrogen) atoms. The second kappa shape index (κ2) is 6.14. The first kappa shape index (κ1) is 10.4. The topological polar surface area (TPSA) is 17.1 Å². The molecule has 64 valence electrons. The number of carbonyl (C=O) groups excluding carboxylic acids is 1. The highest BCUT2D eigenvalue weighted by Crippen LogP contribution is 2.05. The molecular weight excluding hydrogens is 136 g/mol. The second-order valence-electron chi connectivity index (χ2n) is 3.10. The molecule has 0 bridgehead atoms. The molecule has 0 aliphatic rings. The van der Waals surface area contributed by atoms with Gasteiger partial charge in [-0.15, -0.1) is 6.58 Å². The van der Waals surface area contributed by atoms with Crippen molar-refractivity contribution in [3.63, 3.8) is 0 Å². The smallest absolute Gasteiger partial charge is 0.133 e. The average Bonchev–Trinajstić information content (AvgIpc) is 1.97. The summed E-state index contributed by atoms with van der Waals surface area (Å²) in [5.41, 5.74) is 1.11. The highest BCUT2D eigenvalue weighted by atomic mass is 16.1. The van der Waals surface area contributed by atoms with Gasteiger partial charge in [0.05, 0.1) is 0 Å². The van der Waals surface area contributed by atoms with Crippen molar-refractivity contribution < 1.29 is 4.79 Å². The molecule has 0 aromatic carbocycles. The first-order valence-electron chi connectivity index (χ1n) is 4.33. The summed E-state index contributed by atoms with van der Waals surface area (Å²) in [7, 11) is 0. The van der Waals surface area contributed by atoms with Crippen LogP contribution in [0.3, 0.4) is 0 Å². The van der Waals surface area contributed by atoms with Gasteiger partial charge >= 0.3 is 0 Å². The van der Waals surface area contributed by atoms with Gasteiger partial charge in [0.1, 0.15) is 5.78 Å². The normalized spacial score (nSPS) is 9.64. The second-order valence-corrected chi connectivity index (χ2v) is 3.10. The molecule has 0 spiro atoms. The van der Waals surface area contributed by atoms with Crippen molar-refractivity contribution in [1.82, 2.24) is 0 Å². The van der Waals surface area contributed by atoms with Gasteiger partial charge in [0, 0.05) is 12.8 Å². The lowest BCUT2D eigenvalue weighted by atomic mass is 10.1. The van der Waals surface area contributed by atoms with Gasteiger partial charge in [0.25, 0.3) is 0 Å². The van der Waals surface area contributed by atoms with Crippen molar-refractivity contribution >= 4 is 5.78 Å². The Labute approximate surface area is 69.5 Å². The molecule has 0 saturated carbocycles. The molecule has 0 saturated heterocycles. The Morgan fingerprint density at radius 2 is 1.91 bits per heavy atom. The molecule has 0 rings (SSSR count). The minimum Gasteiger partial charge on any atom is -0.300 e. The summed E-state index contributed by atoms with van der Waals surface area (Å²) in [6.07, 6.45) is 4.45. The fourth-order valence-corrected chi connectivity index (χ4v) is 0.852. The summed E-state index contributed by atoms with van der Waals surface area (Å²) in [5, 5.41) is 0. The number of hydrogen-bond donors (Lipinski definition) is 0. The van der Waals surface area contributed by atoms with Gasteiger partial charge in [-0.2, -0.15) is 0 Å². The molecule has 0 heterocycles.